The second-order valence-electron chi connectivity index (χ2n) is 3.91. The summed E-state index contributed by atoms with van der Waals surface area (Å²) in [6.07, 6.45) is 2.31. The predicted octanol–water partition coefficient (Wildman–Crippen LogP) is 0.289. The molecule has 88 valence electrons. The highest BCUT2D eigenvalue weighted by atomic mass is 32.2. The molecule has 1 aromatic rings. The first-order valence-corrected chi connectivity index (χ1v) is 7.06. The fourth-order valence-corrected chi connectivity index (χ4v) is 3.10. The number of nitrogens with two attached hydrogens (primary N) is 1. The average Bonchev–Trinajstić information content (AvgIpc) is 2.40. The van der Waals surface area contributed by atoms with Crippen LogP contribution in [-0.4, -0.2) is 38.0 Å². The lowest BCUT2D eigenvalue weighted by molar-refractivity contribution is 0.597. The summed E-state index contributed by atoms with van der Waals surface area (Å²) >= 11 is 0. The summed E-state index contributed by atoms with van der Waals surface area (Å²) in [5.41, 5.74) is 6.42. The van der Waals surface area contributed by atoms with Crippen LogP contribution < -0.4 is 10.6 Å². The van der Waals surface area contributed by atoms with E-state index >= 15 is 0 Å². The van der Waals surface area contributed by atoms with Gasteiger partial charge < -0.3 is 10.6 Å². The lowest BCUT2D eigenvalue weighted by Gasteiger charge is -2.21. The van der Waals surface area contributed by atoms with Crippen LogP contribution in [-0.2, 0) is 9.84 Å². The minimum atomic E-state index is -2.88. The minimum Gasteiger partial charge on any atom is -0.396 e. The largest absolute Gasteiger partial charge is 0.396 e. The second-order valence-corrected chi connectivity index (χ2v) is 6.21. The van der Waals surface area contributed by atoms with Gasteiger partial charge in [0.2, 0.25) is 0 Å². The van der Waals surface area contributed by atoms with Crippen molar-refractivity contribution in [2.24, 2.45) is 0 Å². The van der Waals surface area contributed by atoms with Gasteiger partial charge in [-0.3, -0.25) is 0 Å². The summed E-state index contributed by atoms with van der Waals surface area (Å²) in [5.74, 6) is 1.14. The summed E-state index contributed by atoms with van der Waals surface area (Å²) in [7, 11) is -2.88. The lowest BCUT2D eigenvalue weighted by Crippen LogP contribution is -2.28. The number of aromatic nitrogens is 1. The van der Waals surface area contributed by atoms with E-state index in [1.165, 1.54) is 0 Å². The molecule has 2 N–H and O–H groups in total. The molecule has 1 aromatic heterocycles. The standard InChI is InChI=1S/C10H15N3O2S/c11-9-3-1-4-12-10(9)13-5-2-7-16(14,15)8-6-13/h1,3-4H,2,5-8,11H2. The molecule has 0 spiro atoms. The van der Waals surface area contributed by atoms with Gasteiger partial charge in [-0.05, 0) is 18.6 Å². The topological polar surface area (TPSA) is 76.3 Å². The van der Waals surface area contributed by atoms with Crippen LogP contribution in [0.1, 0.15) is 6.42 Å². The van der Waals surface area contributed by atoms with Crippen molar-refractivity contribution in [3.63, 3.8) is 0 Å². The summed E-state index contributed by atoms with van der Waals surface area (Å²) in [6.45, 7) is 1.17. The lowest BCUT2D eigenvalue weighted by atomic mass is 10.3. The first kappa shape index (κ1) is 11.2. The van der Waals surface area contributed by atoms with Gasteiger partial charge in [0, 0.05) is 19.3 Å². The third-order valence-corrected chi connectivity index (χ3v) is 4.39. The zero-order chi connectivity index (χ0) is 11.6. The Labute approximate surface area is 95.2 Å². The highest BCUT2D eigenvalue weighted by Crippen LogP contribution is 2.20. The molecule has 0 aliphatic carbocycles. The second kappa shape index (κ2) is 4.29. The van der Waals surface area contributed by atoms with E-state index in [9.17, 15) is 8.42 Å². The van der Waals surface area contributed by atoms with Crippen molar-refractivity contribution in [2.45, 2.75) is 6.42 Å². The minimum absolute atomic E-state index is 0.184. The summed E-state index contributed by atoms with van der Waals surface area (Å²) in [6, 6.07) is 3.55. The Balaban J connectivity index is 2.20. The maximum atomic E-state index is 11.5. The smallest absolute Gasteiger partial charge is 0.152 e. The Bertz CT molecular complexity index is 473. The zero-order valence-corrected chi connectivity index (χ0v) is 9.78. The van der Waals surface area contributed by atoms with E-state index in [2.05, 4.69) is 4.98 Å². The molecular weight excluding hydrogens is 226 g/mol. The van der Waals surface area contributed by atoms with Crippen molar-refractivity contribution in [3.8, 4) is 0 Å². The molecule has 5 nitrogen and oxygen atoms in total. The van der Waals surface area contributed by atoms with Crippen LogP contribution in [0.5, 0.6) is 0 Å². The van der Waals surface area contributed by atoms with E-state index in [0.717, 1.165) is 0 Å². The summed E-state index contributed by atoms with van der Waals surface area (Å²) < 4.78 is 22.9. The van der Waals surface area contributed by atoms with E-state index in [1.54, 1.807) is 18.3 Å². The van der Waals surface area contributed by atoms with E-state index in [0.29, 0.717) is 31.0 Å². The molecule has 0 amide bonds. The van der Waals surface area contributed by atoms with Crippen molar-refractivity contribution in [1.29, 1.82) is 0 Å². The van der Waals surface area contributed by atoms with Gasteiger partial charge >= 0.3 is 0 Å². The van der Waals surface area contributed by atoms with E-state index < -0.39 is 9.84 Å². The van der Waals surface area contributed by atoms with Gasteiger partial charge in [-0.1, -0.05) is 0 Å². The Morgan fingerprint density at radius 1 is 1.31 bits per heavy atom. The fourth-order valence-electron chi connectivity index (χ4n) is 1.82. The fraction of sp³-hybridized carbons (Fsp3) is 0.500. The Morgan fingerprint density at radius 3 is 2.88 bits per heavy atom. The van der Waals surface area contributed by atoms with Crippen LogP contribution in [0.25, 0.3) is 0 Å². The molecule has 16 heavy (non-hydrogen) atoms. The molecule has 0 atom stereocenters. The van der Waals surface area contributed by atoms with Crippen molar-refractivity contribution in [1.82, 2.24) is 4.98 Å². The van der Waals surface area contributed by atoms with Gasteiger partial charge in [0.25, 0.3) is 0 Å². The number of hydrogen-bond acceptors (Lipinski definition) is 5. The van der Waals surface area contributed by atoms with E-state index in [1.807, 2.05) is 4.90 Å². The van der Waals surface area contributed by atoms with E-state index in [4.69, 9.17) is 5.73 Å². The van der Waals surface area contributed by atoms with Gasteiger partial charge in [0.1, 0.15) is 0 Å². The number of nitrogen functional groups attached to an aromatic ring is 1. The number of rotatable bonds is 1. The molecule has 1 aliphatic heterocycles. The highest BCUT2D eigenvalue weighted by Gasteiger charge is 2.20. The molecule has 6 heteroatoms. The Hall–Kier alpha value is -1.30. The summed E-state index contributed by atoms with van der Waals surface area (Å²) in [4.78, 5) is 6.14. The van der Waals surface area contributed by atoms with Gasteiger partial charge in [-0.15, -0.1) is 0 Å². The predicted molar refractivity (Wildman–Crippen MR) is 64.1 cm³/mol. The maximum absolute atomic E-state index is 11.5. The molecule has 0 saturated carbocycles. The SMILES string of the molecule is Nc1cccnc1N1CCCS(=O)(=O)CC1. The van der Waals surface area contributed by atoms with Crippen LogP contribution in [0.3, 0.4) is 0 Å². The summed E-state index contributed by atoms with van der Waals surface area (Å²) in [5, 5.41) is 0. The molecule has 1 saturated heterocycles. The van der Waals surface area contributed by atoms with Gasteiger partial charge in [0.05, 0.1) is 17.2 Å². The van der Waals surface area contributed by atoms with Crippen molar-refractivity contribution in [2.75, 3.05) is 35.2 Å². The highest BCUT2D eigenvalue weighted by molar-refractivity contribution is 7.91. The first-order chi connectivity index (χ1) is 7.58. The van der Waals surface area contributed by atoms with Gasteiger partial charge in [0.15, 0.2) is 15.7 Å². The van der Waals surface area contributed by atoms with Crippen molar-refractivity contribution >= 4 is 21.3 Å². The monoisotopic (exact) mass is 241 g/mol. The molecule has 0 aromatic carbocycles. The quantitative estimate of drug-likeness (QED) is 0.764. The van der Waals surface area contributed by atoms with Gasteiger partial charge in [-0.25, -0.2) is 13.4 Å². The number of sulfone groups is 1. The molecule has 0 unspecified atom stereocenters. The normalized spacial score (nSPS) is 20.4. The van der Waals surface area contributed by atoms with Crippen LogP contribution >= 0.6 is 0 Å². The molecule has 2 heterocycles. The van der Waals surface area contributed by atoms with Crippen LogP contribution in [0.4, 0.5) is 11.5 Å². The number of pyridine rings is 1. The molecule has 0 radical (unpaired) electrons. The van der Waals surface area contributed by atoms with E-state index in [-0.39, 0.29) is 11.5 Å². The maximum Gasteiger partial charge on any atom is 0.152 e. The van der Waals surface area contributed by atoms with Crippen LogP contribution in [0.2, 0.25) is 0 Å². The van der Waals surface area contributed by atoms with Crippen LogP contribution in [0, 0.1) is 0 Å². The first-order valence-electron chi connectivity index (χ1n) is 5.24. The van der Waals surface area contributed by atoms with Crippen molar-refractivity contribution in [3.05, 3.63) is 18.3 Å². The van der Waals surface area contributed by atoms with Gasteiger partial charge in [-0.2, -0.15) is 0 Å². The molecular formula is C10H15N3O2S. The van der Waals surface area contributed by atoms with Crippen molar-refractivity contribution < 1.29 is 8.42 Å². The third-order valence-electron chi connectivity index (χ3n) is 2.67. The average molecular weight is 241 g/mol. The molecule has 1 aliphatic rings. The Morgan fingerprint density at radius 2 is 2.12 bits per heavy atom. The zero-order valence-electron chi connectivity index (χ0n) is 8.96. The Kier molecular flexibility index (Phi) is 3.00. The number of anilines is 2. The van der Waals surface area contributed by atoms with Crippen LogP contribution in [0.15, 0.2) is 18.3 Å². The number of hydrogen-bond donors (Lipinski definition) is 1. The molecule has 0 bridgehead atoms. The molecule has 2 rings (SSSR count). The number of nitrogens with zero attached hydrogens (tertiary/aromatic N) is 2. The molecule has 1 fully saturated rings. The third kappa shape index (κ3) is 2.44.